The van der Waals surface area contributed by atoms with E-state index in [1.54, 1.807) is 0 Å². The number of nitrogens with zero attached hydrogens (tertiary/aromatic N) is 1. The molecule has 0 saturated carbocycles. The Morgan fingerprint density at radius 2 is 1.88 bits per heavy atom. The highest BCUT2D eigenvalue weighted by Crippen LogP contribution is 2.35. The molecule has 0 unspecified atom stereocenters. The van der Waals surface area contributed by atoms with E-state index in [4.69, 9.17) is 4.98 Å². The Morgan fingerprint density at radius 1 is 1.06 bits per heavy atom. The number of hydrogen-bond acceptors (Lipinski definition) is 2. The van der Waals surface area contributed by atoms with Crippen LogP contribution in [0.1, 0.15) is 29.8 Å². The molecule has 17 heavy (non-hydrogen) atoms. The highest BCUT2D eigenvalue weighted by atomic mass is 79.9. The zero-order valence-corrected chi connectivity index (χ0v) is 12.0. The molecule has 88 valence electrons. The minimum Gasteiger partial charge on any atom is -0.241 e. The van der Waals surface area contributed by atoms with Crippen LogP contribution in [0.25, 0.3) is 10.6 Å². The van der Waals surface area contributed by atoms with Crippen molar-refractivity contribution in [3.63, 3.8) is 0 Å². The third kappa shape index (κ3) is 2.31. The first-order valence-corrected chi connectivity index (χ1v) is 7.69. The second kappa shape index (κ2) is 4.91. The van der Waals surface area contributed by atoms with Crippen molar-refractivity contribution >= 4 is 27.3 Å². The van der Waals surface area contributed by atoms with Gasteiger partial charge in [-0.1, -0.05) is 40.5 Å². The predicted molar refractivity (Wildman–Crippen MR) is 76.5 cm³/mol. The number of benzene rings is 1. The standard InChI is InChI=1S/C14H14BrNS/c15-11-7-5-4-6-10(11)14-16-12-8-2-1-3-9-13(12)17-14/h4-7H,1-3,8-9H2. The van der Waals surface area contributed by atoms with Gasteiger partial charge in [0.05, 0.1) is 5.69 Å². The smallest absolute Gasteiger partial charge is 0.125 e. The van der Waals surface area contributed by atoms with E-state index in [9.17, 15) is 0 Å². The van der Waals surface area contributed by atoms with Gasteiger partial charge < -0.3 is 0 Å². The first-order chi connectivity index (χ1) is 8.34. The van der Waals surface area contributed by atoms with Crippen LogP contribution in [0.3, 0.4) is 0 Å². The van der Waals surface area contributed by atoms with Gasteiger partial charge in [0, 0.05) is 14.9 Å². The number of aromatic nitrogens is 1. The molecule has 0 aliphatic heterocycles. The lowest BCUT2D eigenvalue weighted by Crippen LogP contribution is -1.86. The van der Waals surface area contributed by atoms with Crippen LogP contribution in [0.4, 0.5) is 0 Å². The zero-order chi connectivity index (χ0) is 11.7. The van der Waals surface area contributed by atoms with Gasteiger partial charge >= 0.3 is 0 Å². The van der Waals surface area contributed by atoms with E-state index in [0.29, 0.717) is 0 Å². The van der Waals surface area contributed by atoms with E-state index in [-0.39, 0.29) is 0 Å². The molecule has 1 aromatic heterocycles. The fourth-order valence-electron chi connectivity index (χ4n) is 2.28. The van der Waals surface area contributed by atoms with Crippen molar-refractivity contribution in [2.24, 2.45) is 0 Å². The minimum absolute atomic E-state index is 1.14. The first-order valence-electron chi connectivity index (χ1n) is 6.08. The monoisotopic (exact) mass is 307 g/mol. The molecule has 2 aromatic rings. The molecule has 0 spiro atoms. The van der Waals surface area contributed by atoms with Crippen LogP contribution in [0.15, 0.2) is 28.7 Å². The molecule has 0 bridgehead atoms. The van der Waals surface area contributed by atoms with Crippen molar-refractivity contribution < 1.29 is 0 Å². The van der Waals surface area contributed by atoms with Crippen molar-refractivity contribution in [3.05, 3.63) is 39.3 Å². The second-order valence-electron chi connectivity index (χ2n) is 4.43. The highest BCUT2D eigenvalue weighted by Gasteiger charge is 2.15. The maximum absolute atomic E-state index is 4.83. The van der Waals surface area contributed by atoms with Gasteiger partial charge in [-0.05, 0) is 31.7 Å². The summed E-state index contributed by atoms with van der Waals surface area (Å²) in [5, 5.41) is 1.17. The van der Waals surface area contributed by atoms with Crippen LogP contribution in [0.5, 0.6) is 0 Å². The molecule has 0 amide bonds. The molecular formula is C14H14BrNS. The third-order valence-electron chi connectivity index (χ3n) is 3.20. The van der Waals surface area contributed by atoms with Crippen molar-refractivity contribution in [1.82, 2.24) is 4.98 Å². The molecular weight excluding hydrogens is 294 g/mol. The summed E-state index contributed by atoms with van der Waals surface area (Å²) < 4.78 is 1.14. The number of rotatable bonds is 1. The number of thiazole rings is 1. The van der Waals surface area contributed by atoms with E-state index < -0.39 is 0 Å². The van der Waals surface area contributed by atoms with E-state index in [1.165, 1.54) is 46.8 Å². The summed E-state index contributed by atoms with van der Waals surface area (Å²) in [5.41, 5.74) is 2.57. The molecule has 1 aromatic carbocycles. The maximum Gasteiger partial charge on any atom is 0.125 e. The van der Waals surface area contributed by atoms with Crippen LogP contribution in [0.2, 0.25) is 0 Å². The summed E-state index contributed by atoms with van der Waals surface area (Å²) in [7, 11) is 0. The Labute approximate surface area is 114 Å². The summed E-state index contributed by atoms with van der Waals surface area (Å²) >= 11 is 5.48. The van der Waals surface area contributed by atoms with Gasteiger partial charge in [-0.15, -0.1) is 11.3 Å². The molecule has 3 rings (SSSR count). The molecule has 1 aliphatic carbocycles. The average molecular weight is 308 g/mol. The number of fused-ring (bicyclic) bond motifs is 1. The van der Waals surface area contributed by atoms with E-state index in [1.807, 2.05) is 17.4 Å². The summed E-state index contributed by atoms with van der Waals surface area (Å²) in [6.45, 7) is 0. The molecule has 3 heteroatoms. The lowest BCUT2D eigenvalue weighted by atomic mass is 10.2. The summed E-state index contributed by atoms with van der Waals surface area (Å²) in [6, 6.07) is 8.35. The van der Waals surface area contributed by atoms with Crippen molar-refractivity contribution in [3.8, 4) is 10.6 Å². The van der Waals surface area contributed by atoms with Crippen LogP contribution >= 0.6 is 27.3 Å². The van der Waals surface area contributed by atoms with Gasteiger partial charge in [-0.25, -0.2) is 4.98 Å². The fourth-order valence-corrected chi connectivity index (χ4v) is 4.07. The Kier molecular flexibility index (Phi) is 3.30. The van der Waals surface area contributed by atoms with Crippen LogP contribution < -0.4 is 0 Å². The molecule has 1 heterocycles. The Bertz CT molecular complexity index is 509. The Morgan fingerprint density at radius 3 is 2.76 bits per heavy atom. The SMILES string of the molecule is Brc1ccccc1-c1nc2c(s1)CCCCC2. The van der Waals surface area contributed by atoms with E-state index in [0.717, 1.165) is 10.9 Å². The van der Waals surface area contributed by atoms with Crippen LogP contribution in [-0.2, 0) is 12.8 Å². The second-order valence-corrected chi connectivity index (χ2v) is 6.37. The first kappa shape index (κ1) is 11.4. The third-order valence-corrected chi connectivity index (χ3v) is 5.08. The molecule has 0 N–H and O–H groups in total. The molecule has 0 atom stereocenters. The fraction of sp³-hybridized carbons (Fsp3) is 0.357. The lowest BCUT2D eigenvalue weighted by Gasteiger charge is -1.99. The van der Waals surface area contributed by atoms with Gasteiger partial charge in [-0.3, -0.25) is 0 Å². The number of halogens is 1. The quantitative estimate of drug-likeness (QED) is 0.687. The lowest BCUT2D eigenvalue weighted by molar-refractivity contribution is 0.709. The highest BCUT2D eigenvalue weighted by molar-refractivity contribution is 9.10. The van der Waals surface area contributed by atoms with Crippen LogP contribution in [0, 0.1) is 0 Å². The summed E-state index contributed by atoms with van der Waals surface area (Å²) in [6.07, 6.45) is 6.36. The molecule has 0 saturated heterocycles. The van der Waals surface area contributed by atoms with E-state index in [2.05, 4.69) is 34.1 Å². The van der Waals surface area contributed by atoms with E-state index >= 15 is 0 Å². The Balaban J connectivity index is 2.02. The van der Waals surface area contributed by atoms with Gasteiger partial charge in [0.2, 0.25) is 0 Å². The topological polar surface area (TPSA) is 12.9 Å². The molecule has 1 nitrogen and oxygen atoms in total. The number of hydrogen-bond donors (Lipinski definition) is 0. The predicted octanol–water partition coefficient (Wildman–Crippen LogP) is 4.84. The van der Waals surface area contributed by atoms with Crippen molar-refractivity contribution in [1.29, 1.82) is 0 Å². The molecule has 0 radical (unpaired) electrons. The maximum atomic E-state index is 4.83. The summed E-state index contributed by atoms with van der Waals surface area (Å²) in [5.74, 6) is 0. The summed E-state index contributed by atoms with van der Waals surface area (Å²) in [4.78, 5) is 6.34. The average Bonchev–Trinajstić information content (AvgIpc) is 2.61. The van der Waals surface area contributed by atoms with Gasteiger partial charge in [0.15, 0.2) is 0 Å². The molecule has 0 fully saturated rings. The normalized spacial score (nSPS) is 15.4. The van der Waals surface area contributed by atoms with Gasteiger partial charge in [0.25, 0.3) is 0 Å². The van der Waals surface area contributed by atoms with Gasteiger partial charge in [0.1, 0.15) is 5.01 Å². The van der Waals surface area contributed by atoms with Gasteiger partial charge in [-0.2, -0.15) is 0 Å². The largest absolute Gasteiger partial charge is 0.241 e. The Hall–Kier alpha value is -0.670. The van der Waals surface area contributed by atoms with Crippen molar-refractivity contribution in [2.45, 2.75) is 32.1 Å². The zero-order valence-electron chi connectivity index (χ0n) is 9.58. The molecule has 1 aliphatic rings. The number of aryl methyl sites for hydroxylation is 2. The minimum atomic E-state index is 1.14. The van der Waals surface area contributed by atoms with Crippen LogP contribution in [-0.4, -0.2) is 4.98 Å². The van der Waals surface area contributed by atoms with Crippen molar-refractivity contribution in [2.75, 3.05) is 0 Å².